The number of amides is 1. The topological polar surface area (TPSA) is 112 Å². The maximum atomic E-state index is 12.2. The molecule has 3 aromatic rings. The van der Waals surface area contributed by atoms with Gasteiger partial charge in [0.25, 0.3) is 0 Å². The zero-order chi connectivity index (χ0) is 30.0. The smallest absolute Gasteiger partial charge is 0.303 e. The molecule has 2 saturated heterocycles. The molecule has 2 fully saturated rings. The number of aliphatic carboxylic acids is 1. The molecular weight excluding hydrogens is 546 g/mol. The minimum Gasteiger partial charge on any atom is -0.481 e. The van der Waals surface area contributed by atoms with Gasteiger partial charge in [-0.25, -0.2) is 0 Å². The molecule has 0 aliphatic carbocycles. The predicted octanol–water partition coefficient (Wildman–Crippen LogP) is 4.74. The van der Waals surface area contributed by atoms with Crippen molar-refractivity contribution in [2.24, 2.45) is 0 Å². The van der Waals surface area contributed by atoms with Crippen molar-refractivity contribution < 1.29 is 29.3 Å². The number of carbonyl (C=O) groups is 2. The van der Waals surface area contributed by atoms with Crippen LogP contribution in [-0.2, 0) is 32.2 Å². The number of anilines is 1. The first-order valence-corrected chi connectivity index (χ1v) is 15.1. The van der Waals surface area contributed by atoms with Crippen molar-refractivity contribution in [3.05, 3.63) is 101 Å². The maximum Gasteiger partial charge on any atom is 0.303 e. The third-order valence-corrected chi connectivity index (χ3v) is 8.05. The van der Waals surface area contributed by atoms with E-state index in [0.717, 1.165) is 62.4 Å². The molecule has 0 aromatic heterocycles. The summed E-state index contributed by atoms with van der Waals surface area (Å²) in [4.78, 5) is 27.9. The quantitative estimate of drug-likeness (QED) is 0.279. The number of carboxylic acids is 1. The third-order valence-electron chi connectivity index (χ3n) is 8.05. The number of benzene rings is 3. The van der Waals surface area contributed by atoms with Gasteiger partial charge in [-0.1, -0.05) is 66.7 Å². The molecule has 0 bridgehead atoms. The second-order valence-electron chi connectivity index (χ2n) is 11.3. The van der Waals surface area contributed by atoms with Crippen molar-refractivity contribution in [3.8, 4) is 0 Å². The molecule has 3 atom stereocenters. The Balaban J connectivity index is 1.21. The summed E-state index contributed by atoms with van der Waals surface area (Å²) < 4.78 is 13.0. The lowest BCUT2D eigenvalue weighted by Gasteiger charge is -2.40. The molecule has 5 rings (SSSR count). The average Bonchev–Trinajstić information content (AvgIpc) is 3.02. The second-order valence-corrected chi connectivity index (χ2v) is 11.3. The van der Waals surface area contributed by atoms with Gasteiger partial charge in [0.2, 0.25) is 5.91 Å². The molecule has 2 aliphatic rings. The van der Waals surface area contributed by atoms with Gasteiger partial charge in [0.1, 0.15) is 0 Å². The molecule has 3 aromatic carbocycles. The number of aliphatic hydroxyl groups excluding tert-OH is 1. The standard InChI is InChI=1S/C34H41N3O6/c38-24-26-9-11-27(12-10-26)31-21-30(23-37-19-17-36(18-20-37)22-25-5-2-1-3-6-25)42-34(43-31)28-13-15-29(16-14-28)35-32(39)7-4-8-33(40)41/h1-3,5-6,9-16,30-31,34,38H,4,7-8,17-24H2,(H,35,39)(H,40,41). The summed E-state index contributed by atoms with van der Waals surface area (Å²) >= 11 is 0. The molecule has 228 valence electrons. The summed E-state index contributed by atoms with van der Waals surface area (Å²) in [5.41, 5.74) is 4.75. The Labute approximate surface area is 253 Å². The molecule has 9 heteroatoms. The fraction of sp³-hybridized carbons (Fsp3) is 0.412. The Morgan fingerprint density at radius 3 is 2.14 bits per heavy atom. The van der Waals surface area contributed by atoms with Crippen LogP contribution in [0.1, 0.15) is 60.3 Å². The Morgan fingerprint density at radius 1 is 0.791 bits per heavy atom. The molecular formula is C34H41N3O6. The molecule has 9 nitrogen and oxygen atoms in total. The van der Waals surface area contributed by atoms with Crippen LogP contribution in [-0.4, -0.2) is 70.7 Å². The van der Waals surface area contributed by atoms with Crippen molar-refractivity contribution in [2.75, 3.05) is 38.0 Å². The minimum absolute atomic E-state index is 0.00113. The van der Waals surface area contributed by atoms with E-state index < -0.39 is 12.3 Å². The molecule has 3 unspecified atom stereocenters. The normalized spacial score (nSPS) is 21.4. The highest BCUT2D eigenvalue weighted by atomic mass is 16.7. The van der Waals surface area contributed by atoms with Gasteiger partial charge in [-0.3, -0.25) is 19.4 Å². The predicted molar refractivity (Wildman–Crippen MR) is 163 cm³/mol. The van der Waals surface area contributed by atoms with Gasteiger partial charge in [-0.2, -0.15) is 0 Å². The number of carbonyl (C=O) groups excluding carboxylic acids is 1. The number of rotatable bonds is 12. The molecule has 0 radical (unpaired) electrons. The lowest BCUT2D eigenvalue weighted by molar-refractivity contribution is -0.253. The molecule has 3 N–H and O–H groups in total. The number of hydrogen-bond acceptors (Lipinski definition) is 7. The van der Waals surface area contributed by atoms with Gasteiger partial charge < -0.3 is 25.0 Å². The van der Waals surface area contributed by atoms with E-state index in [1.165, 1.54) is 5.56 Å². The first kappa shape index (κ1) is 30.8. The Hall–Kier alpha value is -3.60. The summed E-state index contributed by atoms with van der Waals surface area (Å²) in [6, 6.07) is 25.9. The largest absolute Gasteiger partial charge is 0.481 e. The van der Waals surface area contributed by atoms with Crippen LogP contribution >= 0.6 is 0 Å². The van der Waals surface area contributed by atoms with E-state index in [9.17, 15) is 14.7 Å². The van der Waals surface area contributed by atoms with E-state index in [0.29, 0.717) is 12.1 Å². The SMILES string of the molecule is O=C(O)CCCC(=O)Nc1ccc(C2OC(CN3CCN(Cc4ccccc4)CC3)CC(c3ccc(CO)cc3)O2)cc1. The van der Waals surface area contributed by atoms with E-state index >= 15 is 0 Å². The van der Waals surface area contributed by atoms with Crippen molar-refractivity contribution in [2.45, 2.75) is 57.3 Å². The number of nitrogens with one attached hydrogen (secondary N) is 1. The second kappa shape index (κ2) is 15.2. The summed E-state index contributed by atoms with van der Waals surface area (Å²) in [5, 5.41) is 21.1. The summed E-state index contributed by atoms with van der Waals surface area (Å²) in [6.07, 6.45) is 0.386. The highest BCUT2D eigenvalue weighted by molar-refractivity contribution is 5.90. The maximum absolute atomic E-state index is 12.2. The highest BCUT2D eigenvalue weighted by Gasteiger charge is 2.33. The highest BCUT2D eigenvalue weighted by Crippen LogP contribution is 2.38. The minimum atomic E-state index is -0.907. The molecule has 2 heterocycles. The van der Waals surface area contributed by atoms with Crippen LogP contribution in [0.4, 0.5) is 5.69 Å². The van der Waals surface area contributed by atoms with Crippen molar-refractivity contribution >= 4 is 17.6 Å². The number of ether oxygens (including phenoxy) is 2. The number of aliphatic hydroxyl groups is 1. The van der Waals surface area contributed by atoms with E-state index in [2.05, 4.69) is 45.4 Å². The molecule has 43 heavy (non-hydrogen) atoms. The van der Waals surface area contributed by atoms with Crippen LogP contribution in [0.5, 0.6) is 0 Å². The first-order chi connectivity index (χ1) is 20.9. The zero-order valence-electron chi connectivity index (χ0n) is 24.4. The van der Waals surface area contributed by atoms with Crippen LogP contribution < -0.4 is 5.32 Å². The first-order valence-electron chi connectivity index (χ1n) is 15.1. The van der Waals surface area contributed by atoms with Gasteiger partial charge in [0.05, 0.1) is 18.8 Å². The lowest BCUT2D eigenvalue weighted by atomic mass is 9.99. The number of carboxylic acid groups (broad SMARTS) is 1. The summed E-state index contributed by atoms with van der Waals surface area (Å²) in [5.74, 6) is -1.12. The van der Waals surface area contributed by atoms with Gasteiger partial charge in [-0.15, -0.1) is 0 Å². The molecule has 1 amide bonds. The monoisotopic (exact) mass is 587 g/mol. The van der Waals surface area contributed by atoms with Gasteiger partial charge >= 0.3 is 5.97 Å². The van der Waals surface area contributed by atoms with Crippen molar-refractivity contribution in [1.82, 2.24) is 9.80 Å². The van der Waals surface area contributed by atoms with Crippen LogP contribution in [0.25, 0.3) is 0 Å². The van der Waals surface area contributed by atoms with E-state index in [1.807, 2.05) is 48.5 Å². The molecule has 2 aliphatic heterocycles. The Kier molecular flexibility index (Phi) is 10.9. The zero-order valence-corrected chi connectivity index (χ0v) is 24.4. The van der Waals surface area contributed by atoms with Crippen LogP contribution in [0.15, 0.2) is 78.9 Å². The summed E-state index contributed by atoms with van der Waals surface area (Å²) in [7, 11) is 0. The fourth-order valence-electron chi connectivity index (χ4n) is 5.64. The Morgan fingerprint density at radius 2 is 1.47 bits per heavy atom. The number of nitrogens with zero attached hydrogens (tertiary/aromatic N) is 2. The number of piperazine rings is 1. The van der Waals surface area contributed by atoms with E-state index in [4.69, 9.17) is 14.6 Å². The summed E-state index contributed by atoms with van der Waals surface area (Å²) in [6.45, 7) is 5.76. The third kappa shape index (κ3) is 9.19. The molecule has 0 spiro atoms. The van der Waals surface area contributed by atoms with Gasteiger partial charge in [-0.05, 0) is 35.2 Å². The van der Waals surface area contributed by atoms with E-state index in [-0.39, 0.29) is 37.6 Å². The van der Waals surface area contributed by atoms with Crippen LogP contribution in [0.2, 0.25) is 0 Å². The lowest BCUT2D eigenvalue weighted by Crippen LogP contribution is -2.49. The van der Waals surface area contributed by atoms with Gasteiger partial charge in [0, 0.05) is 69.8 Å². The van der Waals surface area contributed by atoms with Gasteiger partial charge in [0.15, 0.2) is 6.29 Å². The van der Waals surface area contributed by atoms with Crippen LogP contribution in [0, 0.1) is 0 Å². The average molecular weight is 588 g/mol. The van der Waals surface area contributed by atoms with E-state index in [1.54, 1.807) is 0 Å². The van der Waals surface area contributed by atoms with Crippen LogP contribution in [0.3, 0.4) is 0 Å². The van der Waals surface area contributed by atoms with Crippen molar-refractivity contribution in [1.29, 1.82) is 0 Å². The fourth-order valence-corrected chi connectivity index (χ4v) is 5.64. The van der Waals surface area contributed by atoms with Crippen molar-refractivity contribution in [3.63, 3.8) is 0 Å². The number of hydrogen-bond donors (Lipinski definition) is 3. The molecule has 0 saturated carbocycles. The Bertz CT molecular complexity index is 1310.